The summed E-state index contributed by atoms with van der Waals surface area (Å²) in [6.07, 6.45) is 8.23. The molecule has 3 aliphatic heterocycles. The van der Waals surface area contributed by atoms with E-state index in [2.05, 4.69) is 10.5 Å². The maximum Gasteiger partial charge on any atom is 0.244 e. The van der Waals surface area contributed by atoms with Gasteiger partial charge in [0.1, 0.15) is 0 Å². The molecular formula is C15H21N3O2. The number of hydrogen-bond donors (Lipinski definition) is 1. The molecule has 1 aromatic rings. The maximum atomic E-state index is 5.91. The Hall–Kier alpha value is -0.940. The Morgan fingerprint density at radius 1 is 1.15 bits per heavy atom. The molecule has 5 heteroatoms. The van der Waals surface area contributed by atoms with E-state index in [1.807, 2.05) is 0 Å². The van der Waals surface area contributed by atoms with Crippen LogP contribution in [0.2, 0.25) is 0 Å². The third kappa shape index (κ3) is 1.62. The highest BCUT2D eigenvalue weighted by molar-refractivity contribution is 5.10. The molecule has 0 aromatic carbocycles. The summed E-state index contributed by atoms with van der Waals surface area (Å²) in [5, 5.41) is 7.85. The van der Waals surface area contributed by atoms with Crippen molar-refractivity contribution in [3.63, 3.8) is 0 Å². The molecule has 20 heavy (non-hydrogen) atoms. The smallest absolute Gasteiger partial charge is 0.244 e. The highest BCUT2D eigenvalue weighted by Gasteiger charge is 2.45. The summed E-state index contributed by atoms with van der Waals surface area (Å²) in [4.78, 5) is 4.73. The number of ether oxygens (including phenoxy) is 1. The van der Waals surface area contributed by atoms with Gasteiger partial charge in [0.05, 0.1) is 24.2 Å². The van der Waals surface area contributed by atoms with Gasteiger partial charge in [-0.05, 0) is 50.5 Å². The van der Waals surface area contributed by atoms with E-state index < -0.39 is 0 Å². The zero-order valence-electron chi connectivity index (χ0n) is 11.6. The first-order valence-electron chi connectivity index (χ1n) is 8.11. The van der Waals surface area contributed by atoms with Crippen molar-refractivity contribution in [2.45, 2.75) is 62.7 Å². The van der Waals surface area contributed by atoms with E-state index in [0.29, 0.717) is 30.1 Å². The van der Waals surface area contributed by atoms with Gasteiger partial charge in [-0.1, -0.05) is 11.6 Å². The number of nitrogens with one attached hydrogen (secondary N) is 1. The van der Waals surface area contributed by atoms with Gasteiger partial charge in [0.2, 0.25) is 5.89 Å². The molecule has 5 nitrogen and oxygen atoms in total. The van der Waals surface area contributed by atoms with Crippen molar-refractivity contribution in [2.75, 3.05) is 6.54 Å². The number of aromatic nitrogens is 2. The van der Waals surface area contributed by atoms with E-state index in [-0.39, 0.29) is 0 Å². The van der Waals surface area contributed by atoms with Gasteiger partial charge < -0.3 is 14.6 Å². The molecule has 6 atom stereocenters. The molecule has 4 heterocycles. The minimum Gasteiger partial charge on any atom is -0.374 e. The average Bonchev–Trinajstić information content (AvgIpc) is 3.22. The number of fused-ring (bicyclic) bond motifs is 3. The Balaban J connectivity index is 1.38. The van der Waals surface area contributed by atoms with Gasteiger partial charge >= 0.3 is 0 Å². The first kappa shape index (κ1) is 11.7. The van der Waals surface area contributed by atoms with Gasteiger partial charge in [-0.15, -0.1) is 0 Å². The predicted octanol–water partition coefficient (Wildman–Crippen LogP) is 2.17. The summed E-state index contributed by atoms with van der Waals surface area (Å²) in [6, 6.07) is 0.295. The molecule has 0 spiro atoms. The van der Waals surface area contributed by atoms with Crippen molar-refractivity contribution in [1.82, 2.24) is 15.5 Å². The van der Waals surface area contributed by atoms with E-state index >= 15 is 0 Å². The second kappa shape index (κ2) is 4.28. The van der Waals surface area contributed by atoms with Crippen molar-refractivity contribution < 1.29 is 9.26 Å². The highest BCUT2D eigenvalue weighted by Crippen LogP contribution is 2.46. The fraction of sp³-hybridized carbons (Fsp3) is 0.867. The van der Waals surface area contributed by atoms with Crippen molar-refractivity contribution >= 4 is 0 Å². The van der Waals surface area contributed by atoms with Crippen LogP contribution >= 0.6 is 0 Å². The maximum absolute atomic E-state index is 5.91. The van der Waals surface area contributed by atoms with Gasteiger partial charge in [-0.3, -0.25) is 0 Å². The molecule has 3 saturated heterocycles. The summed E-state index contributed by atoms with van der Waals surface area (Å²) < 4.78 is 11.5. The van der Waals surface area contributed by atoms with Crippen LogP contribution in [0.5, 0.6) is 0 Å². The lowest BCUT2D eigenvalue weighted by atomic mass is 9.89. The summed E-state index contributed by atoms with van der Waals surface area (Å²) in [5.41, 5.74) is 0. The van der Waals surface area contributed by atoms with E-state index in [1.54, 1.807) is 0 Å². The van der Waals surface area contributed by atoms with Crippen LogP contribution in [-0.2, 0) is 4.74 Å². The molecular weight excluding hydrogens is 254 g/mol. The molecule has 1 aromatic heterocycles. The molecule has 1 N–H and O–H groups in total. The molecule has 0 radical (unpaired) electrons. The van der Waals surface area contributed by atoms with Crippen molar-refractivity contribution in [3.8, 4) is 0 Å². The number of hydrogen-bond acceptors (Lipinski definition) is 5. The number of rotatable bonds is 2. The molecule has 5 rings (SSSR count). The Kier molecular flexibility index (Phi) is 2.50. The first-order chi connectivity index (χ1) is 9.88. The quantitative estimate of drug-likeness (QED) is 0.896. The SMILES string of the molecule is C1CC2CNC(c3nc(C4CC5CCC4O5)no3)C2C1. The van der Waals surface area contributed by atoms with Crippen LogP contribution in [0.15, 0.2) is 4.52 Å². The molecule has 0 amide bonds. The molecule has 4 aliphatic rings. The van der Waals surface area contributed by atoms with E-state index in [1.165, 1.54) is 25.7 Å². The third-order valence-electron chi connectivity index (χ3n) is 5.91. The van der Waals surface area contributed by atoms with Crippen molar-refractivity contribution in [3.05, 3.63) is 11.7 Å². The fourth-order valence-corrected chi connectivity index (χ4v) is 4.89. The zero-order chi connectivity index (χ0) is 13.1. The minimum absolute atomic E-state index is 0.295. The number of nitrogens with zero attached hydrogens (tertiary/aromatic N) is 2. The van der Waals surface area contributed by atoms with Gasteiger partial charge in [0.25, 0.3) is 0 Å². The predicted molar refractivity (Wildman–Crippen MR) is 71.1 cm³/mol. The monoisotopic (exact) mass is 275 g/mol. The third-order valence-corrected chi connectivity index (χ3v) is 5.91. The van der Waals surface area contributed by atoms with E-state index in [0.717, 1.165) is 37.0 Å². The molecule has 108 valence electrons. The Morgan fingerprint density at radius 3 is 3.00 bits per heavy atom. The van der Waals surface area contributed by atoms with E-state index in [9.17, 15) is 0 Å². The topological polar surface area (TPSA) is 60.2 Å². The summed E-state index contributed by atoms with van der Waals surface area (Å²) >= 11 is 0. The van der Waals surface area contributed by atoms with Crippen LogP contribution in [0.3, 0.4) is 0 Å². The van der Waals surface area contributed by atoms with Gasteiger partial charge in [-0.25, -0.2) is 0 Å². The Labute approximate surface area is 118 Å². The fourth-order valence-electron chi connectivity index (χ4n) is 4.89. The lowest BCUT2D eigenvalue weighted by Crippen LogP contribution is -2.19. The van der Waals surface area contributed by atoms with Crippen LogP contribution < -0.4 is 5.32 Å². The van der Waals surface area contributed by atoms with Crippen LogP contribution in [0.25, 0.3) is 0 Å². The average molecular weight is 275 g/mol. The summed E-state index contributed by atoms with van der Waals surface area (Å²) in [5.74, 6) is 3.60. The molecule has 1 saturated carbocycles. The molecule has 6 unspecified atom stereocenters. The van der Waals surface area contributed by atoms with Crippen LogP contribution in [0.4, 0.5) is 0 Å². The molecule has 4 fully saturated rings. The Bertz CT molecular complexity index is 517. The minimum atomic E-state index is 0.295. The second-order valence-electron chi connectivity index (χ2n) is 6.95. The lowest BCUT2D eigenvalue weighted by molar-refractivity contribution is 0.0996. The normalized spacial score (nSPS) is 46.2. The van der Waals surface area contributed by atoms with Crippen molar-refractivity contribution in [2.24, 2.45) is 11.8 Å². The highest BCUT2D eigenvalue weighted by atomic mass is 16.5. The van der Waals surface area contributed by atoms with Gasteiger partial charge in [0.15, 0.2) is 5.82 Å². The Morgan fingerprint density at radius 2 is 2.15 bits per heavy atom. The molecule has 2 bridgehead atoms. The lowest BCUT2D eigenvalue weighted by Gasteiger charge is -2.15. The van der Waals surface area contributed by atoms with E-state index in [4.69, 9.17) is 14.2 Å². The largest absolute Gasteiger partial charge is 0.374 e. The second-order valence-corrected chi connectivity index (χ2v) is 6.95. The molecule has 1 aliphatic carbocycles. The van der Waals surface area contributed by atoms with Crippen LogP contribution in [0.1, 0.15) is 62.2 Å². The summed E-state index contributed by atoms with van der Waals surface area (Å²) in [6.45, 7) is 1.12. The van der Waals surface area contributed by atoms with Crippen LogP contribution in [-0.4, -0.2) is 28.9 Å². The first-order valence-corrected chi connectivity index (χ1v) is 8.11. The van der Waals surface area contributed by atoms with Crippen molar-refractivity contribution in [1.29, 1.82) is 0 Å². The summed E-state index contributed by atoms with van der Waals surface area (Å²) in [7, 11) is 0. The van der Waals surface area contributed by atoms with Gasteiger partial charge in [0, 0.05) is 0 Å². The van der Waals surface area contributed by atoms with Gasteiger partial charge in [-0.2, -0.15) is 4.98 Å². The zero-order valence-corrected chi connectivity index (χ0v) is 11.6. The standard InChI is InChI=1S/C15H21N3O2/c1-2-8-7-16-13(10(8)3-1)15-17-14(18-20-15)11-6-9-4-5-12(11)19-9/h8-13,16H,1-7H2. The van der Waals surface area contributed by atoms with Crippen LogP contribution in [0, 0.1) is 11.8 Å².